The number of nitrogens with two attached hydrogens (primary N) is 1. The van der Waals surface area contributed by atoms with Gasteiger partial charge in [-0.2, -0.15) is 0 Å². The fourth-order valence-electron chi connectivity index (χ4n) is 2.33. The molecule has 0 aliphatic heterocycles. The van der Waals surface area contributed by atoms with Crippen LogP contribution in [0.1, 0.15) is 28.8 Å². The predicted molar refractivity (Wildman–Crippen MR) is 99.0 cm³/mol. The zero-order valence-corrected chi connectivity index (χ0v) is 15.3. The van der Waals surface area contributed by atoms with Crippen molar-refractivity contribution in [3.05, 3.63) is 59.4 Å². The number of carbonyl (C=O) groups excluding carboxylic acids is 1. The number of benzene rings is 2. The standard InChI is InChI=1S/C18H22FN3O3S/c1-13-4-5-14(18(23)21-11-3-2-10-20)12-17(13)26(24,25)22-16-8-6-15(19)7-9-16/h4-9,12,22H,2-3,10-11,20H2,1H3,(H,21,23). The number of amides is 1. The number of hydrogen-bond donors (Lipinski definition) is 3. The average Bonchev–Trinajstić information content (AvgIpc) is 2.60. The zero-order valence-electron chi connectivity index (χ0n) is 14.5. The van der Waals surface area contributed by atoms with E-state index < -0.39 is 15.8 Å². The van der Waals surface area contributed by atoms with Crippen molar-refractivity contribution in [2.75, 3.05) is 17.8 Å². The van der Waals surface area contributed by atoms with Crippen LogP contribution in [-0.4, -0.2) is 27.4 Å². The van der Waals surface area contributed by atoms with Gasteiger partial charge >= 0.3 is 0 Å². The minimum absolute atomic E-state index is 0.00330. The van der Waals surface area contributed by atoms with Crippen molar-refractivity contribution in [2.24, 2.45) is 5.73 Å². The normalized spacial score (nSPS) is 11.2. The number of rotatable bonds is 8. The van der Waals surface area contributed by atoms with Crippen molar-refractivity contribution in [2.45, 2.75) is 24.7 Å². The summed E-state index contributed by atoms with van der Waals surface area (Å²) in [5.41, 5.74) is 6.40. The topological polar surface area (TPSA) is 101 Å². The lowest BCUT2D eigenvalue weighted by Crippen LogP contribution is -2.25. The van der Waals surface area contributed by atoms with Crippen molar-refractivity contribution in [3.8, 4) is 0 Å². The molecule has 0 aromatic heterocycles. The van der Waals surface area contributed by atoms with Gasteiger partial charge in [0, 0.05) is 17.8 Å². The summed E-state index contributed by atoms with van der Waals surface area (Å²) < 4.78 is 40.6. The fraction of sp³-hybridized carbons (Fsp3) is 0.278. The number of halogens is 1. The quantitative estimate of drug-likeness (QED) is 0.613. The molecule has 0 unspecified atom stereocenters. The van der Waals surface area contributed by atoms with Crippen LogP contribution in [0.2, 0.25) is 0 Å². The molecule has 1 amide bonds. The number of anilines is 1. The zero-order chi connectivity index (χ0) is 19.2. The summed E-state index contributed by atoms with van der Waals surface area (Å²) in [7, 11) is -3.91. The van der Waals surface area contributed by atoms with E-state index in [1.54, 1.807) is 19.1 Å². The molecule has 0 aliphatic rings. The summed E-state index contributed by atoms with van der Waals surface area (Å²) in [6.45, 7) is 2.67. The smallest absolute Gasteiger partial charge is 0.262 e. The SMILES string of the molecule is Cc1ccc(C(=O)NCCCCN)cc1S(=O)(=O)Nc1ccc(F)cc1. The average molecular weight is 379 g/mol. The van der Waals surface area contributed by atoms with E-state index in [0.29, 0.717) is 18.7 Å². The van der Waals surface area contributed by atoms with E-state index in [2.05, 4.69) is 10.0 Å². The van der Waals surface area contributed by atoms with Crippen LogP contribution in [-0.2, 0) is 10.0 Å². The molecule has 2 aromatic rings. The monoisotopic (exact) mass is 379 g/mol. The fourth-order valence-corrected chi connectivity index (χ4v) is 3.66. The Morgan fingerprint density at radius 1 is 1.12 bits per heavy atom. The number of aryl methyl sites for hydroxylation is 1. The van der Waals surface area contributed by atoms with Gasteiger partial charge in [-0.1, -0.05) is 6.07 Å². The number of carbonyl (C=O) groups is 1. The van der Waals surface area contributed by atoms with E-state index in [9.17, 15) is 17.6 Å². The molecule has 2 rings (SSSR count). The van der Waals surface area contributed by atoms with Crippen molar-refractivity contribution in [3.63, 3.8) is 0 Å². The Labute approximate surface area is 152 Å². The maximum Gasteiger partial charge on any atom is 0.262 e. The van der Waals surface area contributed by atoms with Crippen LogP contribution < -0.4 is 15.8 Å². The van der Waals surface area contributed by atoms with Gasteiger partial charge in [-0.25, -0.2) is 12.8 Å². The molecule has 0 aliphatic carbocycles. The first kappa shape index (κ1) is 19.9. The van der Waals surface area contributed by atoms with Crippen LogP contribution in [0.5, 0.6) is 0 Å². The van der Waals surface area contributed by atoms with E-state index in [0.717, 1.165) is 25.0 Å². The van der Waals surface area contributed by atoms with Gasteiger partial charge in [-0.15, -0.1) is 0 Å². The first-order valence-electron chi connectivity index (χ1n) is 8.21. The van der Waals surface area contributed by atoms with Gasteiger partial charge in [0.2, 0.25) is 0 Å². The maximum atomic E-state index is 13.0. The third-order valence-electron chi connectivity index (χ3n) is 3.75. The Balaban J connectivity index is 2.19. The number of nitrogens with one attached hydrogen (secondary N) is 2. The number of sulfonamides is 1. The highest BCUT2D eigenvalue weighted by molar-refractivity contribution is 7.92. The molecule has 0 saturated carbocycles. The van der Waals surface area contributed by atoms with Gasteiger partial charge in [0.15, 0.2) is 0 Å². The lowest BCUT2D eigenvalue weighted by molar-refractivity contribution is 0.0953. The number of unbranched alkanes of at least 4 members (excludes halogenated alkanes) is 1. The van der Waals surface area contributed by atoms with Gasteiger partial charge in [0.1, 0.15) is 5.82 Å². The Bertz CT molecular complexity index is 868. The highest BCUT2D eigenvalue weighted by Crippen LogP contribution is 2.21. The molecule has 2 aromatic carbocycles. The van der Waals surface area contributed by atoms with E-state index in [1.165, 1.54) is 18.2 Å². The Morgan fingerprint density at radius 2 is 1.81 bits per heavy atom. The van der Waals surface area contributed by atoms with Crippen LogP contribution in [0.3, 0.4) is 0 Å². The lowest BCUT2D eigenvalue weighted by atomic mass is 10.1. The molecule has 0 radical (unpaired) electrons. The second-order valence-corrected chi connectivity index (χ2v) is 7.50. The third kappa shape index (κ3) is 5.27. The van der Waals surface area contributed by atoms with Crippen LogP contribution >= 0.6 is 0 Å². The summed E-state index contributed by atoms with van der Waals surface area (Å²) in [4.78, 5) is 12.2. The molecule has 6 nitrogen and oxygen atoms in total. The minimum atomic E-state index is -3.91. The van der Waals surface area contributed by atoms with E-state index in [1.807, 2.05) is 0 Å². The highest BCUT2D eigenvalue weighted by Gasteiger charge is 2.19. The summed E-state index contributed by atoms with van der Waals surface area (Å²) >= 11 is 0. The van der Waals surface area contributed by atoms with E-state index >= 15 is 0 Å². The van der Waals surface area contributed by atoms with E-state index in [4.69, 9.17) is 5.73 Å². The van der Waals surface area contributed by atoms with Gasteiger partial charge in [0.05, 0.1) is 4.90 Å². The van der Waals surface area contributed by atoms with Gasteiger partial charge in [0.25, 0.3) is 15.9 Å². The predicted octanol–water partition coefficient (Wildman–Crippen LogP) is 2.40. The first-order chi connectivity index (χ1) is 12.3. The highest BCUT2D eigenvalue weighted by atomic mass is 32.2. The van der Waals surface area contributed by atoms with Crippen molar-refractivity contribution >= 4 is 21.6 Å². The largest absolute Gasteiger partial charge is 0.352 e. The van der Waals surface area contributed by atoms with Crippen LogP contribution in [0, 0.1) is 12.7 Å². The minimum Gasteiger partial charge on any atom is -0.352 e. The summed E-state index contributed by atoms with van der Waals surface area (Å²) in [5, 5.41) is 2.74. The molecule has 140 valence electrons. The van der Waals surface area contributed by atoms with Gasteiger partial charge in [-0.3, -0.25) is 9.52 Å². The Hall–Kier alpha value is -2.45. The molecule has 8 heteroatoms. The second kappa shape index (κ2) is 8.77. The second-order valence-electron chi connectivity index (χ2n) is 5.84. The van der Waals surface area contributed by atoms with Crippen molar-refractivity contribution in [1.29, 1.82) is 0 Å². The molecular weight excluding hydrogens is 357 g/mol. The van der Waals surface area contributed by atoms with Crippen LogP contribution in [0.25, 0.3) is 0 Å². The summed E-state index contributed by atoms with van der Waals surface area (Å²) in [6, 6.07) is 9.47. The molecule has 0 heterocycles. The third-order valence-corrected chi connectivity index (χ3v) is 5.28. The van der Waals surface area contributed by atoms with Gasteiger partial charge in [-0.05, 0) is 68.3 Å². The van der Waals surface area contributed by atoms with Crippen molar-refractivity contribution < 1.29 is 17.6 Å². The molecule has 26 heavy (non-hydrogen) atoms. The lowest BCUT2D eigenvalue weighted by Gasteiger charge is -2.12. The molecule has 0 fully saturated rings. The summed E-state index contributed by atoms with van der Waals surface area (Å²) in [6.07, 6.45) is 1.56. The van der Waals surface area contributed by atoms with Crippen LogP contribution in [0.4, 0.5) is 10.1 Å². The van der Waals surface area contributed by atoms with E-state index in [-0.39, 0.29) is 22.1 Å². The van der Waals surface area contributed by atoms with Crippen molar-refractivity contribution in [1.82, 2.24) is 5.32 Å². The molecule has 4 N–H and O–H groups in total. The number of hydrogen-bond acceptors (Lipinski definition) is 4. The van der Waals surface area contributed by atoms with Gasteiger partial charge < -0.3 is 11.1 Å². The molecule has 0 saturated heterocycles. The Kier molecular flexibility index (Phi) is 6.70. The summed E-state index contributed by atoms with van der Waals surface area (Å²) in [5.74, 6) is -0.808. The molecule has 0 spiro atoms. The molecule has 0 atom stereocenters. The maximum absolute atomic E-state index is 13.0. The Morgan fingerprint density at radius 3 is 2.46 bits per heavy atom. The van der Waals surface area contributed by atoms with Crippen LogP contribution in [0.15, 0.2) is 47.4 Å². The first-order valence-corrected chi connectivity index (χ1v) is 9.69. The molecular formula is C18H22FN3O3S. The molecule has 0 bridgehead atoms.